The van der Waals surface area contributed by atoms with E-state index >= 15 is 0 Å². The molecule has 0 bridgehead atoms. The van der Waals surface area contributed by atoms with Crippen LogP contribution in [0.25, 0.3) is 0 Å². The van der Waals surface area contributed by atoms with Crippen LogP contribution in [0, 0.1) is 10.1 Å². The van der Waals surface area contributed by atoms with Crippen LogP contribution in [0.5, 0.6) is 0 Å². The summed E-state index contributed by atoms with van der Waals surface area (Å²) in [7, 11) is 0. The fraction of sp³-hybridized carbons (Fsp3) is 0.0909. The minimum Gasteiger partial charge on any atom is -0.472 e. The van der Waals surface area contributed by atoms with Crippen molar-refractivity contribution in [3.63, 3.8) is 0 Å². The molecule has 6 heteroatoms. The molecule has 2 rings (SSSR count). The number of nitrogens with zero attached hydrogens (tertiary/aromatic N) is 1. The monoisotopic (exact) mass is 296 g/mol. The Balaban J connectivity index is 2.17. The number of furan rings is 1. The summed E-state index contributed by atoms with van der Waals surface area (Å²) < 4.78 is 5.60. The normalized spacial score (nSPS) is 10.2. The lowest BCUT2D eigenvalue weighted by Crippen LogP contribution is -2.01. The van der Waals surface area contributed by atoms with Crippen molar-refractivity contribution in [2.45, 2.75) is 6.54 Å². The summed E-state index contributed by atoms with van der Waals surface area (Å²) in [6.07, 6.45) is 3.16. The number of hydrogen-bond donors (Lipinski definition) is 1. The molecule has 1 N–H and O–H groups in total. The predicted octanol–water partition coefficient (Wildman–Crippen LogP) is 3.56. The Labute approximate surface area is 106 Å². The average molecular weight is 297 g/mol. The molecule has 1 heterocycles. The number of nitro benzene ring substituents is 1. The molecular formula is C11H9BrN2O3. The Morgan fingerprint density at radius 1 is 1.41 bits per heavy atom. The highest BCUT2D eigenvalue weighted by Crippen LogP contribution is 2.28. The van der Waals surface area contributed by atoms with Crippen LogP contribution in [-0.2, 0) is 6.54 Å². The van der Waals surface area contributed by atoms with E-state index in [9.17, 15) is 10.1 Å². The zero-order valence-corrected chi connectivity index (χ0v) is 10.3. The maximum absolute atomic E-state index is 10.9. The fourth-order valence-corrected chi connectivity index (χ4v) is 1.74. The average Bonchev–Trinajstić information content (AvgIpc) is 2.80. The molecule has 2 aromatic rings. The van der Waals surface area contributed by atoms with Crippen molar-refractivity contribution in [1.82, 2.24) is 0 Å². The van der Waals surface area contributed by atoms with Gasteiger partial charge in [0.2, 0.25) is 0 Å². The summed E-state index contributed by atoms with van der Waals surface area (Å²) in [5.41, 5.74) is 1.46. The number of hydrogen-bond acceptors (Lipinski definition) is 4. The highest BCUT2D eigenvalue weighted by atomic mass is 79.9. The lowest BCUT2D eigenvalue weighted by Gasteiger charge is -2.05. The van der Waals surface area contributed by atoms with Crippen LogP contribution in [0.4, 0.5) is 11.4 Å². The molecular weight excluding hydrogens is 288 g/mol. The van der Waals surface area contributed by atoms with Gasteiger partial charge in [0.25, 0.3) is 5.69 Å². The molecule has 88 valence electrons. The van der Waals surface area contributed by atoms with Crippen LogP contribution >= 0.6 is 15.9 Å². The standard InChI is InChI=1S/C11H9BrN2O3/c12-9-1-2-10(11(5-9)14(15)16)13-6-8-3-4-17-7-8/h1-5,7,13H,6H2. The van der Waals surface area contributed by atoms with E-state index in [1.165, 1.54) is 6.07 Å². The number of benzene rings is 1. The van der Waals surface area contributed by atoms with E-state index in [2.05, 4.69) is 21.2 Å². The Morgan fingerprint density at radius 2 is 2.24 bits per heavy atom. The largest absolute Gasteiger partial charge is 0.472 e. The summed E-state index contributed by atoms with van der Waals surface area (Å²) in [6.45, 7) is 0.485. The number of halogens is 1. The molecule has 0 unspecified atom stereocenters. The highest BCUT2D eigenvalue weighted by molar-refractivity contribution is 9.10. The summed E-state index contributed by atoms with van der Waals surface area (Å²) in [4.78, 5) is 10.4. The molecule has 0 aliphatic heterocycles. The quantitative estimate of drug-likeness (QED) is 0.692. The Bertz CT molecular complexity index is 526. The van der Waals surface area contributed by atoms with Gasteiger partial charge in [-0.3, -0.25) is 10.1 Å². The van der Waals surface area contributed by atoms with Crippen LogP contribution in [0.3, 0.4) is 0 Å². The minimum absolute atomic E-state index is 0.0443. The number of anilines is 1. The lowest BCUT2D eigenvalue weighted by molar-refractivity contribution is -0.384. The molecule has 0 saturated carbocycles. The van der Waals surface area contributed by atoms with Gasteiger partial charge in [-0.25, -0.2) is 0 Å². The minimum atomic E-state index is -0.414. The summed E-state index contributed by atoms with van der Waals surface area (Å²) in [5, 5.41) is 13.9. The summed E-state index contributed by atoms with van der Waals surface area (Å²) in [6, 6.07) is 6.70. The van der Waals surface area contributed by atoms with Crippen LogP contribution < -0.4 is 5.32 Å². The van der Waals surface area contributed by atoms with Crippen molar-refractivity contribution in [3.8, 4) is 0 Å². The number of nitrogens with one attached hydrogen (secondary N) is 1. The SMILES string of the molecule is O=[N+]([O-])c1cc(Br)ccc1NCc1ccoc1. The van der Waals surface area contributed by atoms with Gasteiger partial charge in [0, 0.05) is 22.6 Å². The van der Waals surface area contributed by atoms with Gasteiger partial charge in [0.05, 0.1) is 17.4 Å². The van der Waals surface area contributed by atoms with Crippen molar-refractivity contribution in [3.05, 3.63) is 56.9 Å². The van der Waals surface area contributed by atoms with Crippen LogP contribution in [0.1, 0.15) is 5.56 Å². The van der Waals surface area contributed by atoms with Crippen LogP contribution in [-0.4, -0.2) is 4.92 Å². The van der Waals surface area contributed by atoms with Crippen molar-refractivity contribution in [2.24, 2.45) is 0 Å². The molecule has 0 spiro atoms. The number of nitro groups is 1. The molecule has 1 aromatic carbocycles. The second kappa shape index (κ2) is 5.01. The molecule has 0 aliphatic rings. The first kappa shape index (κ1) is 11.7. The molecule has 5 nitrogen and oxygen atoms in total. The lowest BCUT2D eigenvalue weighted by atomic mass is 10.2. The molecule has 1 aromatic heterocycles. The van der Waals surface area contributed by atoms with Crippen molar-refractivity contribution in [2.75, 3.05) is 5.32 Å². The van der Waals surface area contributed by atoms with Gasteiger partial charge in [-0.2, -0.15) is 0 Å². The van der Waals surface area contributed by atoms with Gasteiger partial charge >= 0.3 is 0 Å². The van der Waals surface area contributed by atoms with E-state index in [1.807, 2.05) is 0 Å². The summed E-state index contributed by atoms with van der Waals surface area (Å²) in [5.74, 6) is 0. The van der Waals surface area contributed by atoms with Gasteiger partial charge in [-0.15, -0.1) is 0 Å². The van der Waals surface area contributed by atoms with E-state index in [1.54, 1.807) is 30.7 Å². The molecule has 0 aliphatic carbocycles. The Kier molecular flexibility index (Phi) is 3.43. The number of rotatable bonds is 4. The first-order valence-corrected chi connectivity index (χ1v) is 5.65. The van der Waals surface area contributed by atoms with E-state index < -0.39 is 4.92 Å². The van der Waals surface area contributed by atoms with E-state index in [0.29, 0.717) is 16.7 Å². The zero-order chi connectivity index (χ0) is 12.3. The van der Waals surface area contributed by atoms with Gasteiger partial charge in [0.1, 0.15) is 5.69 Å². The second-order valence-electron chi connectivity index (χ2n) is 3.40. The third-order valence-electron chi connectivity index (χ3n) is 2.22. The topological polar surface area (TPSA) is 68.3 Å². The molecule has 17 heavy (non-hydrogen) atoms. The zero-order valence-electron chi connectivity index (χ0n) is 8.72. The smallest absolute Gasteiger partial charge is 0.293 e. The van der Waals surface area contributed by atoms with Gasteiger partial charge in [-0.1, -0.05) is 15.9 Å². The van der Waals surface area contributed by atoms with E-state index in [0.717, 1.165) is 5.56 Å². The van der Waals surface area contributed by atoms with Gasteiger partial charge in [0.15, 0.2) is 0 Å². The molecule has 0 fully saturated rings. The maximum Gasteiger partial charge on any atom is 0.293 e. The predicted molar refractivity (Wildman–Crippen MR) is 66.8 cm³/mol. The fourth-order valence-electron chi connectivity index (χ4n) is 1.40. The molecule has 0 amide bonds. The Hall–Kier alpha value is -1.82. The summed E-state index contributed by atoms with van der Waals surface area (Å²) >= 11 is 3.21. The van der Waals surface area contributed by atoms with Crippen molar-refractivity contribution < 1.29 is 9.34 Å². The third kappa shape index (κ3) is 2.85. The maximum atomic E-state index is 10.9. The van der Waals surface area contributed by atoms with Gasteiger partial charge < -0.3 is 9.73 Å². The first-order chi connectivity index (χ1) is 8.16. The van der Waals surface area contributed by atoms with Crippen molar-refractivity contribution >= 4 is 27.3 Å². The van der Waals surface area contributed by atoms with Crippen LogP contribution in [0.15, 0.2) is 45.7 Å². The third-order valence-corrected chi connectivity index (χ3v) is 2.71. The second-order valence-corrected chi connectivity index (χ2v) is 4.32. The highest BCUT2D eigenvalue weighted by Gasteiger charge is 2.13. The van der Waals surface area contributed by atoms with E-state index in [-0.39, 0.29) is 5.69 Å². The van der Waals surface area contributed by atoms with E-state index in [4.69, 9.17) is 4.42 Å². The van der Waals surface area contributed by atoms with Gasteiger partial charge in [-0.05, 0) is 18.2 Å². The van der Waals surface area contributed by atoms with Crippen molar-refractivity contribution in [1.29, 1.82) is 0 Å². The first-order valence-electron chi connectivity index (χ1n) is 4.85. The molecule has 0 atom stereocenters. The molecule has 0 saturated heterocycles. The Morgan fingerprint density at radius 3 is 2.88 bits per heavy atom. The molecule has 0 radical (unpaired) electrons. The van der Waals surface area contributed by atoms with Crippen LogP contribution in [0.2, 0.25) is 0 Å².